The number of H-pyrrole nitrogens is 1. The fraction of sp³-hybridized carbons (Fsp3) is 0.222. The number of carbonyl (C=O) groups is 1. The SMILES string of the molecule is CCOC(=O)Cc1[nH]c2ccc(Oc3cccc(Cl)c3)cc2c1-c1ccc(OC(C)C)cc1. The van der Waals surface area contributed by atoms with Gasteiger partial charge in [0.15, 0.2) is 0 Å². The Morgan fingerprint density at radius 2 is 1.70 bits per heavy atom. The second kappa shape index (κ2) is 10.0. The normalized spacial score (nSPS) is 11.1. The molecule has 170 valence electrons. The third-order valence-electron chi connectivity index (χ3n) is 5.02. The van der Waals surface area contributed by atoms with Crippen LogP contribution < -0.4 is 9.47 Å². The molecule has 0 aliphatic rings. The molecule has 1 heterocycles. The highest BCUT2D eigenvalue weighted by molar-refractivity contribution is 6.30. The van der Waals surface area contributed by atoms with Gasteiger partial charge in [0.2, 0.25) is 0 Å². The van der Waals surface area contributed by atoms with E-state index < -0.39 is 0 Å². The largest absolute Gasteiger partial charge is 0.491 e. The van der Waals surface area contributed by atoms with E-state index in [0.29, 0.717) is 23.1 Å². The lowest BCUT2D eigenvalue weighted by molar-refractivity contribution is -0.142. The van der Waals surface area contributed by atoms with Crippen LogP contribution in [0.15, 0.2) is 66.7 Å². The van der Waals surface area contributed by atoms with Gasteiger partial charge in [0.1, 0.15) is 17.2 Å². The quantitative estimate of drug-likeness (QED) is 0.281. The minimum Gasteiger partial charge on any atom is -0.491 e. The summed E-state index contributed by atoms with van der Waals surface area (Å²) >= 11 is 6.09. The molecule has 0 saturated heterocycles. The van der Waals surface area contributed by atoms with Crippen molar-refractivity contribution in [3.05, 3.63) is 77.4 Å². The van der Waals surface area contributed by atoms with Gasteiger partial charge in [-0.2, -0.15) is 0 Å². The number of aromatic nitrogens is 1. The Balaban J connectivity index is 1.76. The number of halogens is 1. The van der Waals surface area contributed by atoms with E-state index in [-0.39, 0.29) is 18.5 Å². The van der Waals surface area contributed by atoms with Crippen LogP contribution in [0.5, 0.6) is 17.2 Å². The van der Waals surface area contributed by atoms with Crippen molar-refractivity contribution in [3.8, 4) is 28.4 Å². The number of fused-ring (bicyclic) bond motifs is 1. The number of aromatic amines is 1. The van der Waals surface area contributed by atoms with E-state index in [1.54, 1.807) is 19.1 Å². The van der Waals surface area contributed by atoms with Gasteiger partial charge in [-0.25, -0.2) is 0 Å². The van der Waals surface area contributed by atoms with Crippen LogP contribution >= 0.6 is 11.6 Å². The Morgan fingerprint density at radius 1 is 0.970 bits per heavy atom. The number of ether oxygens (including phenoxy) is 3. The van der Waals surface area contributed by atoms with Gasteiger partial charge in [-0.3, -0.25) is 4.79 Å². The number of rotatable bonds is 8. The van der Waals surface area contributed by atoms with Crippen LogP contribution in [-0.4, -0.2) is 23.7 Å². The molecule has 0 aliphatic heterocycles. The van der Waals surface area contributed by atoms with Gasteiger partial charge in [-0.05, 0) is 74.9 Å². The predicted octanol–water partition coefficient (Wildman–Crippen LogP) is 7.17. The first-order chi connectivity index (χ1) is 15.9. The third-order valence-corrected chi connectivity index (χ3v) is 5.26. The van der Waals surface area contributed by atoms with E-state index in [2.05, 4.69) is 4.98 Å². The standard InChI is InChI=1S/C27H26ClNO4/c1-4-31-26(30)16-25-27(18-8-10-20(11-9-18)32-17(2)3)23-15-22(12-13-24(23)29-25)33-21-7-5-6-19(28)14-21/h5-15,17,29H,4,16H2,1-3H3. The van der Waals surface area contributed by atoms with Crippen LogP contribution in [0.25, 0.3) is 22.0 Å². The maximum atomic E-state index is 12.3. The van der Waals surface area contributed by atoms with Gasteiger partial charge in [0.05, 0.1) is 19.1 Å². The number of nitrogens with one attached hydrogen (secondary N) is 1. The monoisotopic (exact) mass is 463 g/mol. The zero-order valence-electron chi connectivity index (χ0n) is 18.9. The zero-order chi connectivity index (χ0) is 23.4. The Hall–Kier alpha value is -3.44. The molecular weight excluding hydrogens is 438 g/mol. The minimum atomic E-state index is -0.277. The van der Waals surface area contributed by atoms with E-state index in [1.165, 1.54) is 0 Å². The van der Waals surface area contributed by atoms with Crippen molar-refractivity contribution in [3.63, 3.8) is 0 Å². The molecule has 0 unspecified atom stereocenters. The summed E-state index contributed by atoms with van der Waals surface area (Å²) in [5.41, 5.74) is 3.60. The van der Waals surface area contributed by atoms with Crippen LogP contribution in [0.2, 0.25) is 5.02 Å². The summed E-state index contributed by atoms with van der Waals surface area (Å²) in [7, 11) is 0. The molecule has 0 fully saturated rings. The summed E-state index contributed by atoms with van der Waals surface area (Å²) < 4.78 is 17.0. The van der Waals surface area contributed by atoms with Gasteiger partial charge in [0, 0.05) is 27.2 Å². The lowest BCUT2D eigenvalue weighted by Crippen LogP contribution is -2.08. The Morgan fingerprint density at radius 3 is 2.39 bits per heavy atom. The van der Waals surface area contributed by atoms with Gasteiger partial charge in [-0.1, -0.05) is 29.8 Å². The van der Waals surface area contributed by atoms with Crippen molar-refractivity contribution in [2.24, 2.45) is 0 Å². The number of esters is 1. The van der Waals surface area contributed by atoms with Gasteiger partial charge in [0.25, 0.3) is 0 Å². The van der Waals surface area contributed by atoms with Crippen LogP contribution in [0, 0.1) is 0 Å². The highest BCUT2D eigenvalue weighted by atomic mass is 35.5. The lowest BCUT2D eigenvalue weighted by atomic mass is 10.00. The summed E-state index contributed by atoms with van der Waals surface area (Å²) in [6.45, 7) is 6.13. The highest BCUT2D eigenvalue weighted by Crippen LogP contribution is 2.37. The summed E-state index contributed by atoms with van der Waals surface area (Å²) in [5.74, 6) is 1.85. The first-order valence-corrected chi connectivity index (χ1v) is 11.3. The molecular formula is C27H26ClNO4. The molecule has 0 aliphatic carbocycles. The van der Waals surface area contributed by atoms with Crippen molar-refractivity contribution < 1.29 is 19.0 Å². The Labute approximate surface area is 198 Å². The average molecular weight is 464 g/mol. The molecule has 1 aromatic heterocycles. The van der Waals surface area contributed by atoms with Crippen LogP contribution in [0.3, 0.4) is 0 Å². The van der Waals surface area contributed by atoms with Crippen molar-refractivity contribution in [2.75, 3.05) is 6.61 Å². The van der Waals surface area contributed by atoms with Crippen molar-refractivity contribution in [2.45, 2.75) is 33.3 Å². The van der Waals surface area contributed by atoms with Gasteiger partial charge in [-0.15, -0.1) is 0 Å². The molecule has 0 spiro atoms. The highest BCUT2D eigenvalue weighted by Gasteiger charge is 2.18. The molecule has 6 heteroatoms. The fourth-order valence-corrected chi connectivity index (χ4v) is 3.93. The second-order valence-corrected chi connectivity index (χ2v) is 8.35. The molecule has 3 aromatic carbocycles. The van der Waals surface area contributed by atoms with Gasteiger partial charge >= 0.3 is 5.97 Å². The molecule has 0 amide bonds. The molecule has 5 nitrogen and oxygen atoms in total. The summed E-state index contributed by atoms with van der Waals surface area (Å²) in [5, 5.41) is 1.56. The molecule has 0 saturated carbocycles. The minimum absolute atomic E-state index is 0.0921. The first kappa shape index (κ1) is 22.7. The van der Waals surface area contributed by atoms with E-state index in [0.717, 1.165) is 33.5 Å². The molecule has 33 heavy (non-hydrogen) atoms. The fourth-order valence-electron chi connectivity index (χ4n) is 3.75. The molecule has 4 rings (SSSR count). The van der Waals surface area contributed by atoms with Crippen molar-refractivity contribution in [1.82, 2.24) is 4.98 Å². The third kappa shape index (κ3) is 5.49. The summed E-state index contributed by atoms with van der Waals surface area (Å²) in [6.07, 6.45) is 0.238. The Bertz CT molecular complexity index is 1260. The van der Waals surface area contributed by atoms with Gasteiger partial charge < -0.3 is 19.2 Å². The predicted molar refractivity (Wildman–Crippen MR) is 131 cm³/mol. The smallest absolute Gasteiger partial charge is 0.311 e. The maximum absolute atomic E-state index is 12.3. The maximum Gasteiger partial charge on any atom is 0.311 e. The van der Waals surface area contributed by atoms with E-state index in [9.17, 15) is 4.79 Å². The van der Waals surface area contributed by atoms with E-state index in [4.69, 9.17) is 25.8 Å². The van der Waals surface area contributed by atoms with Crippen molar-refractivity contribution in [1.29, 1.82) is 0 Å². The summed E-state index contributed by atoms with van der Waals surface area (Å²) in [6, 6.07) is 20.9. The zero-order valence-corrected chi connectivity index (χ0v) is 19.6. The number of carbonyl (C=O) groups excluding carboxylic acids is 1. The molecule has 0 bridgehead atoms. The molecule has 1 N–H and O–H groups in total. The average Bonchev–Trinajstić information content (AvgIpc) is 3.11. The lowest BCUT2D eigenvalue weighted by Gasteiger charge is -2.11. The van der Waals surface area contributed by atoms with Crippen LogP contribution in [0.4, 0.5) is 0 Å². The van der Waals surface area contributed by atoms with E-state index >= 15 is 0 Å². The van der Waals surface area contributed by atoms with Crippen molar-refractivity contribution >= 4 is 28.5 Å². The van der Waals surface area contributed by atoms with Crippen LogP contribution in [-0.2, 0) is 16.0 Å². The number of hydrogen-bond donors (Lipinski definition) is 1. The Kier molecular flexibility index (Phi) is 6.90. The molecule has 0 atom stereocenters. The number of benzene rings is 3. The first-order valence-electron chi connectivity index (χ1n) is 10.9. The summed E-state index contributed by atoms with van der Waals surface area (Å²) in [4.78, 5) is 15.7. The van der Waals surface area contributed by atoms with E-state index in [1.807, 2.05) is 68.4 Å². The topological polar surface area (TPSA) is 60.6 Å². The number of hydrogen-bond acceptors (Lipinski definition) is 4. The molecule has 0 radical (unpaired) electrons. The van der Waals surface area contributed by atoms with Crippen LogP contribution in [0.1, 0.15) is 26.5 Å². The molecule has 4 aromatic rings. The second-order valence-electron chi connectivity index (χ2n) is 7.92.